The zero-order valence-electron chi connectivity index (χ0n) is 32.0. The quantitative estimate of drug-likeness (QED) is 0.0620. The molecule has 2 aromatic heterocycles. The van der Waals surface area contributed by atoms with Crippen LogP contribution in [-0.2, 0) is 43.9 Å². The standard InChI is InChI=1S/C40H42N6O9P2S2/c1-40(2)54-35-33(25-52-56(48,43-29-15-7-3-8-16-29)44-30-17-9-4-10-18-30)53-39(36(35)55-40)46-27-41-34-37(46)42-26-45(38(34)47)28-50-23-24-51-57(49,58-31-19-11-5-12-20-31)59-32-21-13-6-14-22-32/h3-22,26-27,33,35-36,39H,23-25,28H2,1-2H3,(H2,43,44,48)/t33-,35-,36-,39-/m1/s1. The van der Waals surface area contributed by atoms with Gasteiger partial charge in [-0.15, -0.1) is 0 Å². The molecule has 2 aliphatic heterocycles. The lowest BCUT2D eigenvalue weighted by atomic mass is 10.1. The third-order valence-electron chi connectivity index (χ3n) is 9.10. The average molecular weight is 877 g/mol. The molecule has 4 heterocycles. The normalized spacial score (nSPS) is 20.1. The summed E-state index contributed by atoms with van der Waals surface area (Å²) in [6, 6.07) is 37.1. The molecule has 4 aromatic carbocycles. The molecule has 2 saturated heterocycles. The van der Waals surface area contributed by atoms with Gasteiger partial charge in [-0.2, -0.15) is 0 Å². The van der Waals surface area contributed by atoms with Crippen LogP contribution in [0.1, 0.15) is 20.1 Å². The van der Waals surface area contributed by atoms with Crippen molar-refractivity contribution in [1.82, 2.24) is 19.1 Å². The molecule has 15 nitrogen and oxygen atoms in total. The van der Waals surface area contributed by atoms with Crippen LogP contribution in [0.2, 0.25) is 0 Å². The van der Waals surface area contributed by atoms with Gasteiger partial charge in [0.2, 0.25) is 0 Å². The molecule has 2 aliphatic rings. The fourth-order valence-electron chi connectivity index (χ4n) is 6.54. The van der Waals surface area contributed by atoms with Gasteiger partial charge in [-0.1, -0.05) is 72.8 Å². The summed E-state index contributed by atoms with van der Waals surface area (Å²) in [6.07, 6.45) is 0.0630. The summed E-state index contributed by atoms with van der Waals surface area (Å²) in [7, 11) is -3.75. The fourth-order valence-corrected chi connectivity index (χ4v) is 14.6. The highest BCUT2D eigenvalue weighted by atomic mass is 33.1. The van der Waals surface area contributed by atoms with Crippen LogP contribution < -0.4 is 15.7 Å². The Kier molecular flexibility index (Phi) is 12.8. The molecule has 2 fully saturated rings. The van der Waals surface area contributed by atoms with E-state index in [9.17, 15) is 13.9 Å². The van der Waals surface area contributed by atoms with Gasteiger partial charge in [0.25, 0.3) is 5.56 Å². The molecule has 6 aromatic rings. The van der Waals surface area contributed by atoms with E-state index in [-0.39, 0.29) is 37.7 Å². The van der Waals surface area contributed by atoms with Gasteiger partial charge in [0.1, 0.15) is 31.4 Å². The summed E-state index contributed by atoms with van der Waals surface area (Å²) in [5.41, 5.74) is 1.14. The van der Waals surface area contributed by atoms with Gasteiger partial charge in [0, 0.05) is 21.2 Å². The van der Waals surface area contributed by atoms with Crippen molar-refractivity contribution in [1.29, 1.82) is 0 Å². The minimum Gasteiger partial charge on any atom is -0.358 e. The molecule has 0 bridgehead atoms. The van der Waals surface area contributed by atoms with E-state index < -0.39 is 49.3 Å². The monoisotopic (exact) mass is 876 g/mol. The van der Waals surface area contributed by atoms with E-state index in [0.29, 0.717) is 11.4 Å². The van der Waals surface area contributed by atoms with Gasteiger partial charge >= 0.3 is 13.4 Å². The van der Waals surface area contributed by atoms with Gasteiger partial charge in [-0.25, -0.2) is 14.5 Å². The maximum absolute atomic E-state index is 14.3. The highest BCUT2D eigenvalue weighted by Gasteiger charge is 2.56. The zero-order chi connectivity index (χ0) is 40.9. The largest absolute Gasteiger partial charge is 0.391 e. The van der Waals surface area contributed by atoms with Gasteiger partial charge in [-0.05, 0) is 85.1 Å². The van der Waals surface area contributed by atoms with E-state index in [4.69, 9.17) is 28.0 Å². The molecule has 0 aliphatic carbocycles. The average Bonchev–Trinajstić information content (AvgIpc) is 3.90. The third-order valence-corrected chi connectivity index (χ3v) is 17.2. The van der Waals surface area contributed by atoms with Crippen LogP contribution in [0, 0.1) is 0 Å². The second kappa shape index (κ2) is 18.2. The molecule has 8 rings (SSSR count). The number of nitrogens with one attached hydrogen (secondary N) is 2. The van der Waals surface area contributed by atoms with Crippen molar-refractivity contribution in [2.75, 3.05) is 30.0 Å². The summed E-state index contributed by atoms with van der Waals surface area (Å²) < 4.78 is 68.2. The first-order valence-corrected chi connectivity index (χ1v) is 24.8. The molecule has 0 unspecified atom stereocenters. The molecule has 59 heavy (non-hydrogen) atoms. The van der Waals surface area contributed by atoms with Crippen LogP contribution in [0.4, 0.5) is 11.4 Å². The Labute approximate surface area is 348 Å². The summed E-state index contributed by atoms with van der Waals surface area (Å²) in [6.45, 7) is 3.43. The SMILES string of the molecule is CC1(C)O[C@@H]2[C@H](O1)[C@@H](COP(=O)(Nc1ccccc1)Nc1ccccc1)O[C@H]2n1cnc2c(=O)n(COCCOP(=O)(Sc3ccccc3)Sc3ccccc3)cnc21. The highest BCUT2D eigenvalue weighted by molar-refractivity contribution is 8.89. The van der Waals surface area contributed by atoms with Crippen molar-refractivity contribution < 1.29 is 37.1 Å². The number of rotatable bonds is 18. The highest BCUT2D eigenvalue weighted by Crippen LogP contribution is 2.74. The topological polar surface area (TPSA) is 166 Å². The smallest absolute Gasteiger partial charge is 0.358 e. The second-order valence-corrected chi connectivity index (χ2v) is 22.8. The molecule has 2 N–H and O–H groups in total. The minimum atomic E-state index is -3.75. The maximum Gasteiger partial charge on any atom is 0.391 e. The summed E-state index contributed by atoms with van der Waals surface area (Å²) in [5, 5.41) is 6.05. The van der Waals surface area contributed by atoms with Crippen LogP contribution in [0.5, 0.6) is 0 Å². The summed E-state index contributed by atoms with van der Waals surface area (Å²) in [5.74, 6) is -4.25. The number of hydrogen-bond acceptors (Lipinski definition) is 13. The van der Waals surface area contributed by atoms with Crippen LogP contribution in [-0.4, -0.2) is 63.0 Å². The Balaban J connectivity index is 0.930. The minimum absolute atomic E-state index is 0.0287. The number of para-hydroxylation sites is 2. The number of anilines is 2. The van der Waals surface area contributed by atoms with Gasteiger partial charge in [-0.3, -0.25) is 33.2 Å². The Hall–Kier alpha value is -4.25. The molecule has 4 atom stereocenters. The molecule has 0 spiro atoms. The lowest BCUT2D eigenvalue weighted by Crippen LogP contribution is -2.33. The van der Waals surface area contributed by atoms with Crippen molar-refractivity contribution >= 4 is 58.7 Å². The molecule has 19 heteroatoms. The first-order valence-electron chi connectivity index (χ1n) is 18.7. The van der Waals surface area contributed by atoms with E-state index in [1.165, 1.54) is 40.0 Å². The van der Waals surface area contributed by atoms with Crippen LogP contribution in [0.3, 0.4) is 0 Å². The number of fused-ring (bicyclic) bond motifs is 2. The predicted molar refractivity (Wildman–Crippen MR) is 227 cm³/mol. The first-order chi connectivity index (χ1) is 28.6. The molecule has 0 radical (unpaired) electrons. The Morgan fingerprint density at radius 1 is 0.729 bits per heavy atom. The number of imidazole rings is 1. The number of benzene rings is 4. The number of aromatic nitrogens is 4. The Bertz CT molecular complexity index is 2400. The zero-order valence-corrected chi connectivity index (χ0v) is 35.4. The molecular weight excluding hydrogens is 835 g/mol. The van der Waals surface area contributed by atoms with Crippen molar-refractivity contribution in [3.63, 3.8) is 0 Å². The van der Waals surface area contributed by atoms with Crippen molar-refractivity contribution in [2.24, 2.45) is 0 Å². The lowest BCUT2D eigenvalue weighted by Gasteiger charge is -2.26. The van der Waals surface area contributed by atoms with Gasteiger partial charge < -0.3 is 23.5 Å². The number of ether oxygens (including phenoxy) is 4. The van der Waals surface area contributed by atoms with Crippen molar-refractivity contribution in [2.45, 2.75) is 60.7 Å². The predicted octanol–water partition coefficient (Wildman–Crippen LogP) is 9.04. The molecule has 0 saturated carbocycles. The van der Waals surface area contributed by atoms with E-state index in [1.54, 1.807) is 42.7 Å². The Morgan fingerprint density at radius 3 is 1.88 bits per heavy atom. The molecule has 308 valence electrons. The van der Waals surface area contributed by atoms with E-state index in [0.717, 1.165) is 9.79 Å². The second-order valence-electron chi connectivity index (χ2n) is 13.9. The van der Waals surface area contributed by atoms with Crippen molar-refractivity contribution in [3.8, 4) is 0 Å². The van der Waals surface area contributed by atoms with Crippen molar-refractivity contribution in [3.05, 3.63) is 144 Å². The molecule has 0 amide bonds. The summed E-state index contributed by atoms with van der Waals surface area (Å²) in [4.78, 5) is 24.2. The maximum atomic E-state index is 14.3. The van der Waals surface area contributed by atoms with Crippen LogP contribution in [0.15, 0.2) is 149 Å². The van der Waals surface area contributed by atoms with Gasteiger partial charge in [0.05, 0.1) is 26.1 Å². The first kappa shape index (κ1) is 41.5. The number of nitrogens with zero attached hydrogens (tertiary/aromatic N) is 4. The third kappa shape index (κ3) is 10.2. The fraction of sp³-hybridized carbons (Fsp3) is 0.275. The van der Waals surface area contributed by atoms with Crippen LogP contribution in [0.25, 0.3) is 11.2 Å². The van der Waals surface area contributed by atoms with E-state index >= 15 is 0 Å². The van der Waals surface area contributed by atoms with E-state index in [2.05, 4.69) is 20.1 Å². The Morgan fingerprint density at radius 2 is 1.29 bits per heavy atom. The number of hydrogen-bond donors (Lipinski definition) is 2. The summed E-state index contributed by atoms with van der Waals surface area (Å²) >= 11 is 2.36. The van der Waals surface area contributed by atoms with Gasteiger partial charge in [0.15, 0.2) is 23.2 Å². The van der Waals surface area contributed by atoms with Crippen LogP contribution >= 0.6 is 36.2 Å². The molecular formula is C40H42N6O9P2S2. The lowest BCUT2D eigenvalue weighted by molar-refractivity contribution is -0.198. The van der Waals surface area contributed by atoms with E-state index in [1.807, 2.05) is 97.1 Å².